The smallest absolute Gasteiger partial charge is 0.261 e. The Morgan fingerprint density at radius 2 is 2.12 bits per heavy atom. The molecular weight excluding hydrogens is 356 g/mol. The third kappa shape index (κ3) is 2.99. The number of carbonyl (C=O) groups is 3. The molecule has 1 fully saturated rings. The molecule has 1 aromatic carbocycles. The summed E-state index contributed by atoms with van der Waals surface area (Å²) in [5.74, 6) is -1.13. The zero-order chi connectivity index (χ0) is 18.3. The summed E-state index contributed by atoms with van der Waals surface area (Å²) in [6.07, 6.45) is 1.66. The highest BCUT2D eigenvalue weighted by atomic mass is 32.1. The van der Waals surface area contributed by atoms with Gasteiger partial charge in [-0.15, -0.1) is 10.2 Å². The Hall–Kier alpha value is -2.65. The molecule has 0 radical (unpaired) electrons. The average molecular weight is 372 g/mol. The van der Waals surface area contributed by atoms with Crippen molar-refractivity contribution in [2.24, 2.45) is 0 Å². The van der Waals surface area contributed by atoms with Crippen LogP contribution in [-0.2, 0) is 4.74 Å². The summed E-state index contributed by atoms with van der Waals surface area (Å²) in [5, 5.41) is 11.4. The summed E-state index contributed by atoms with van der Waals surface area (Å²) in [6, 6.07) is 4.50. The monoisotopic (exact) mass is 372 g/mol. The van der Waals surface area contributed by atoms with E-state index in [2.05, 4.69) is 15.5 Å². The summed E-state index contributed by atoms with van der Waals surface area (Å²) in [6.45, 7) is 2.69. The van der Waals surface area contributed by atoms with Crippen molar-refractivity contribution in [1.29, 1.82) is 0 Å². The number of rotatable bonds is 4. The number of fused-ring (bicyclic) bond motifs is 1. The molecule has 0 aliphatic carbocycles. The van der Waals surface area contributed by atoms with Gasteiger partial charge in [-0.2, -0.15) is 0 Å². The van der Waals surface area contributed by atoms with Crippen molar-refractivity contribution < 1.29 is 19.1 Å². The van der Waals surface area contributed by atoms with Gasteiger partial charge in [0.2, 0.25) is 5.13 Å². The molecule has 2 aromatic rings. The van der Waals surface area contributed by atoms with E-state index < -0.39 is 5.91 Å². The molecule has 26 heavy (non-hydrogen) atoms. The van der Waals surface area contributed by atoms with E-state index in [-0.39, 0.29) is 35.6 Å². The highest BCUT2D eigenvalue weighted by molar-refractivity contribution is 7.15. The lowest BCUT2D eigenvalue weighted by atomic mass is 10.1. The van der Waals surface area contributed by atoms with Crippen LogP contribution in [0.3, 0.4) is 0 Å². The second-order valence-corrected chi connectivity index (χ2v) is 7.38. The maximum absolute atomic E-state index is 12.6. The fourth-order valence-corrected chi connectivity index (χ4v) is 3.69. The van der Waals surface area contributed by atoms with Gasteiger partial charge < -0.3 is 4.74 Å². The van der Waals surface area contributed by atoms with E-state index >= 15 is 0 Å². The zero-order valence-electron chi connectivity index (χ0n) is 14.0. The molecule has 2 aliphatic rings. The van der Waals surface area contributed by atoms with Gasteiger partial charge in [0.25, 0.3) is 17.7 Å². The first kappa shape index (κ1) is 16.8. The molecule has 8 nitrogen and oxygen atoms in total. The van der Waals surface area contributed by atoms with E-state index in [1.54, 1.807) is 6.92 Å². The molecule has 0 saturated carbocycles. The third-order valence-electron chi connectivity index (χ3n) is 4.39. The number of nitrogens with one attached hydrogen (secondary N) is 1. The number of carbonyl (C=O) groups excluding carboxylic acids is 3. The van der Waals surface area contributed by atoms with Crippen molar-refractivity contribution in [2.75, 3.05) is 18.5 Å². The number of nitrogens with zero attached hydrogens (tertiary/aromatic N) is 3. The Morgan fingerprint density at radius 3 is 2.81 bits per heavy atom. The number of hydrogen-bond acceptors (Lipinski definition) is 7. The molecule has 1 aromatic heterocycles. The molecule has 0 bridgehead atoms. The molecular formula is C17H16N4O4S. The number of amides is 3. The Morgan fingerprint density at radius 1 is 1.31 bits per heavy atom. The highest BCUT2D eigenvalue weighted by Gasteiger charge is 2.37. The molecule has 134 valence electrons. The summed E-state index contributed by atoms with van der Waals surface area (Å²) >= 11 is 1.26. The van der Waals surface area contributed by atoms with Gasteiger partial charge in [0.15, 0.2) is 0 Å². The summed E-state index contributed by atoms with van der Waals surface area (Å²) < 4.78 is 5.52. The van der Waals surface area contributed by atoms with Crippen LogP contribution in [0, 0.1) is 6.92 Å². The molecule has 1 atom stereocenters. The maximum atomic E-state index is 12.6. The zero-order valence-corrected chi connectivity index (χ0v) is 14.8. The molecule has 2 aliphatic heterocycles. The number of ether oxygens (including phenoxy) is 1. The van der Waals surface area contributed by atoms with Crippen LogP contribution < -0.4 is 5.32 Å². The molecule has 9 heteroatoms. The van der Waals surface area contributed by atoms with Crippen LogP contribution in [0.1, 0.15) is 48.9 Å². The average Bonchev–Trinajstić information content (AvgIpc) is 3.33. The normalized spacial score (nSPS) is 19.1. The predicted octanol–water partition coefficient (Wildman–Crippen LogP) is 1.87. The van der Waals surface area contributed by atoms with Crippen molar-refractivity contribution in [3.8, 4) is 0 Å². The number of imide groups is 1. The van der Waals surface area contributed by atoms with Crippen LogP contribution in [0.2, 0.25) is 0 Å². The van der Waals surface area contributed by atoms with E-state index in [1.165, 1.54) is 34.4 Å². The second kappa shape index (κ2) is 6.58. The molecule has 3 heterocycles. The van der Waals surface area contributed by atoms with Gasteiger partial charge in [0.1, 0.15) is 5.01 Å². The number of aromatic nitrogens is 2. The Labute approximate surface area is 153 Å². The van der Waals surface area contributed by atoms with Crippen molar-refractivity contribution in [1.82, 2.24) is 15.1 Å². The van der Waals surface area contributed by atoms with E-state index in [0.717, 1.165) is 17.8 Å². The Balaban J connectivity index is 1.54. The fourth-order valence-electron chi connectivity index (χ4n) is 3.11. The van der Waals surface area contributed by atoms with Gasteiger partial charge in [-0.05, 0) is 38.0 Å². The third-order valence-corrected chi connectivity index (χ3v) is 5.14. The SMILES string of the molecule is Cc1nnc(NC(=O)c2ccc3c(c2)C(=O)N(C[C@H]2CCCO2)C3=O)s1. The van der Waals surface area contributed by atoms with Crippen LogP contribution in [-0.4, -0.2) is 52.1 Å². The van der Waals surface area contributed by atoms with Crippen molar-refractivity contribution >= 4 is 34.2 Å². The first-order chi connectivity index (χ1) is 12.5. The second-order valence-electron chi connectivity index (χ2n) is 6.20. The molecule has 0 unspecified atom stereocenters. The lowest BCUT2D eigenvalue weighted by molar-refractivity contribution is 0.0475. The van der Waals surface area contributed by atoms with Crippen LogP contribution in [0.15, 0.2) is 18.2 Å². The maximum Gasteiger partial charge on any atom is 0.261 e. The minimum absolute atomic E-state index is 0.111. The molecule has 1 N–H and O–H groups in total. The van der Waals surface area contributed by atoms with Gasteiger partial charge in [-0.1, -0.05) is 11.3 Å². The van der Waals surface area contributed by atoms with E-state index in [1.807, 2.05) is 0 Å². The predicted molar refractivity (Wildman–Crippen MR) is 93.4 cm³/mol. The van der Waals surface area contributed by atoms with E-state index in [4.69, 9.17) is 4.74 Å². The summed E-state index contributed by atoms with van der Waals surface area (Å²) in [4.78, 5) is 38.7. The Bertz CT molecular complexity index is 904. The number of anilines is 1. The molecule has 3 amide bonds. The van der Waals surface area contributed by atoms with Crippen molar-refractivity contribution in [2.45, 2.75) is 25.9 Å². The van der Waals surface area contributed by atoms with Gasteiger partial charge in [-0.3, -0.25) is 24.6 Å². The van der Waals surface area contributed by atoms with Crippen LogP contribution in [0.4, 0.5) is 5.13 Å². The van der Waals surface area contributed by atoms with Crippen molar-refractivity contribution in [3.05, 3.63) is 39.9 Å². The van der Waals surface area contributed by atoms with Gasteiger partial charge in [0, 0.05) is 12.2 Å². The fraction of sp³-hybridized carbons (Fsp3) is 0.353. The van der Waals surface area contributed by atoms with Crippen LogP contribution in [0.5, 0.6) is 0 Å². The number of benzene rings is 1. The van der Waals surface area contributed by atoms with Gasteiger partial charge in [-0.25, -0.2) is 0 Å². The first-order valence-corrected chi connectivity index (χ1v) is 9.08. The van der Waals surface area contributed by atoms with E-state index in [0.29, 0.717) is 17.3 Å². The Kier molecular flexibility index (Phi) is 4.25. The lowest BCUT2D eigenvalue weighted by Gasteiger charge is -2.17. The highest BCUT2D eigenvalue weighted by Crippen LogP contribution is 2.26. The molecule has 1 saturated heterocycles. The summed E-state index contributed by atoms with van der Waals surface area (Å²) in [7, 11) is 0. The number of aryl methyl sites for hydroxylation is 1. The topological polar surface area (TPSA) is 101 Å². The minimum atomic E-state index is -0.401. The molecule has 4 rings (SSSR count). The van der Waals surface area contributed by atoms with E-state index in [9.17, 15) is 14.4 Å². The quantitative estimate of drug-likeness (QED) is 0.822. The van der Waals surface area contributed by atoms with Crippen molar-refractivity contribution in [3.63, 3.8) is 0 Å². The standard InChI is InChI=1S/C17H16N4O4S/c1-9-19-20-17(26-9)18-14(22)10-4-5-12-13(7-10)16(24)21(15(12)23)8-11-3-2-6-25-11/h4-5,7,11H,2-3,6,8H2,1H3,(H,18,20,22)/t11-/m1/s1. The van der Waals surface area contributed by atoms with Gasteiger partial charge >= 0.3 is 0 Å². The van der Waals surface area contributed by atoms with Crippen LogP contribution in [0.25, 0.3) is 0 Å². The minimum Gasteiger partial charge on any atom is -0.376 e. The largest absolute Gasteiger partial charge is 0.376 e. The first-order valence-electron chi connectivity index (χ1n) is 8.26. The summed E-state index contributed by atoms with van der Waals surface area (Å²) in [5.41, 5.74) is 0.849. The molecule has 0 spiro atoms. The lowest BCUT2D eigenvalue weighted by Crippen LogP contribution is -2.36. The van der Waals surface area contributed by atoms with Crippen LogP contribution >= 0.6 is 11.3 Å². The van der Waals surface area contributed by atoms with Gasteiger partial charge in [0.05, 0.1) is 23.8 Å². The number of hydrogen-bond donors (Lipinski definition) is 1.